The van der Waals surface area contributed by atoms with Crippen LogP contribution >= 0.6 is 11.8 Å². The van der Waals surface area contributed by atoms with E-state index in [2.05, 4.69) is 22.9 Å². The summed E-state index contributed by atoms with van der Waals surface area (Å²) in [7, 11) is -1.53. The molecule has 1 N–H and O–H groups in total. The Hall–Kier alpha value is -2.09. The maximum atomic E-state index is 11.5. The summed E-state index contributed by atoms with van der Waals surface area (Å²) in [6, 6.07) is 18.1. The van der Waals surface area contributed by atoms with E-state index in [1.165, 1.54) is 11.8 Å². The van der Waals surface area contributed by atoms with Gasteiger partial charge in [-0.25, -0.2) is 18.1 Å². The number of pyridine rings is 1. The summed E-state index contributed by atoms with van der Waals surface area (Å²) in [4.78, 5) is 4.73. The van der Waals surface area contributed by atoms with Crippen molar-refractivity contribution in [3.8, 4) is 16.9 Å². The van der Waals surface area contributed by atoms with E-state index in [0.717, 1.165) is 32.8 Å². The molecule has 0 aliphatic heterocycles. The number of methoxy groups -OCH3 is 1. The van der Waals surface area contributed by atoms with Gasteiger partial charge in [-0.3, -0.25) is 0 Å². The molecule has 27 heavy (non-hydrogen) atoms. The molecule has 0 unspecified atom stereocenters. The second-order valence-corrected chi connectivity index (χ2v) is 9.11. The smallest absolute Gasteiger partial charge is 0.211 e. The summed E-state index contributed by atoms with van der Waals surface area (Å²) in [6.45, 7) is 2.00. The lowest BCUT2D eigenvalue weighted by Gasteiger charge is -2.11. The van der Waals surface area contributed by atoms with Crippen molar-refractivity contribution >= 4 is 32.7 Å². The van der Waals surface area contributed by atoms with Crippen LogP contribution in [0.25, 0.3) is 22.0 Å². The highest BCUT2D eigenvalue weighted by atomic mass is 32.2. The van der Waals surface area contributed by atoms with Gasteiger partial charge < -0.3 is 4.74 Å². The molecule has 0 radical (unpaired) electrons. The molecule has 1 aromatic heterocycles. The topological polar surface area (TPSA) is 68.3 Å². The van der Waals surface area contributed by atoms with Gasteiger partial charge in [0.05, 0.1) is 23.4 Å². The van der Waals surface area contributed by atoms with Crippen molar-refractivity contribution in [3.05, 3.63) is 54.6 Å². The van der Waals surface area contributed by atoms with Crippen molar-refractivity contribution in [3.63, 3.8) is 0 Å². The number of aromatic nitrogens is 1. The highest BCUT2D eigenvalue weighted by Gasteiger charge is 2.10. The van der Waals surface area contributed by atoms with Gasteiger partial charge in [0.15, 0.2) is 0 Å². The van der Waals surface area contributed by atoms with Crippen LogP contribution in [0.3, 0.4) is 0 Å². The molecular weight excluding hydrogens is 380 g/mol. The number of fused-ring (bicyclic) bond motifs is 1. The lowest BCUT2D eigenvalue weighted by Crippen LogP contribution is -2.27. The monoisotopic (exact) mass is 402 g/mol. The summed E-state index contributed by atoms with van der Waals surface area (Å²) < 4.78 is 31.0. The number of nitrogens with one attached hydrogen (secondary N) is 1. The van der Waals surface area contributed by atoms with E-state index >= 15 is 0 Å². The molecule has 2 aromatic carbocycles. The van der Waals surface area contributed by atoms with E-state index in [-0.39, 0.29) is 5.75 Å². The fourth-order valence-electron chi connectivity index (χ4n) is 2.70. The van der Waals surface area contributed by atoms with E-state index in [0.29, 0.717) is 12.3 Å². The Balaban J connectivity index is 1.91. The molecule has 3 aromatic rings. The molecule has 3 rings (SSSR count). The molecule has 0 aliphatic rings. The first kappa shape index (κ1) is 19.7. The van der Waals surface area contributed by atoms with Crippen molar-refractivity contribution in [2.45, 2.75) is 11.9 Å². The number of hydrogen-bond donors (Lipinski definition) is 1. The van der Waals surface area contributed by atoms with Crippen molar-refractivity contribution in [1.82, 2.24) is 9.71 Å². The largest absolute Gasteiger partial charge is 0.497 e. The number of hydrogen-bond acceptors (Lipinski definition) is 5. The molecule has 0 fully saturated rings. The number of nitrogens with zero attached hydrogens (tertiary/aromatic N) is 1. The van der Waals surface area contributed by atoms with E-state index in [1.54, 1.807) is 14.0 Å². The summed E-state index contributed by atoms with van der Waals surface area (Å²) in [5, 5.41) is 1.91. The third-order valence-corrected chi connectivity index (χ3v) is 6.45. The van der Waals surface area contributed by atoms with Crippen LogP contribution < -0.4 is 9.46 Å². The van der Waals surface area contributed by atoms with Crippen LogP contribution in [0.15, 0.2) is 59.6 Å². The molecule has 0 amide bonds. The number of sulfonamides is 1. The highest BCUT2D eigenvalue weighted by molar-refractivity contribution is 7.99. The van der Waals surface area contributed by atoms with Gasteiger partial charge in [-0.2, -0.15) is 0 Å². The minimum atomic E-state index is -3.17. The van der Waals surface area contributed by atoms with Crippen LogP contribution in [-0.2, 0) is 10.0 Å². The first-order valence-electron chi connectivity index (χ1n) is 8.67. The molecule has 7 heteroatoms. The second kappa shape index (κ2) is 8.73. The SMILES string of the molecule is CCS(=O)(=O)NCCSc1cc(-c2ccccc2)c2ccc(OC)cc2n1. The Morgan fingerprint density at radius 2 is 1.89 bits per heavy atom. The van der Waals surface area contributed by atoms with Gasteiger partial charge in [-0.05, 0) is 36.2 Å². The molecule has 0 bridgehead atoms. The molecule has 0 saturated carbocycles. The summed E-state index contributed by atoms with van der Waals surface area (Å²) in [6.07, 6.45) is 0. The second-order valence-electron chi connectivity index (χ2n) is 5.90. The van der Waals surface area contributed by atoms with Gasteiger partial charge in [0, 0.05) is 23.8 Å². The molecule has 0 aliphatic carbocycles. The van der Waals surface area contributed by atoms with Gasteiger partial charge in [0.2, 0.25) is 10.0 Å². The Labute approximate surface area is 164 Å². The van der Waals surface area contributed by atoms with Crippen LogP contribution in [0.5, 0.6) is 5.75 Å². The zero-order valence-corrected chi connectivity index (χ0v) is 16.9. The van der Waals surface area contributed by atoms with Crippen molar-refractivity contribution in [2.75, 3.05) is 25.2 Å². The molecule has 0 atom stereocenters. The number of ether oxygens (including phenoxy) is 1. The quantitative estimate of drug-likeness (QED) is 0.457. The van der Waals surface area contributed by atoms with E-state index in [9.17, 15) is 8.42 Å². The summed E-state index contributed by atoms with van der Waals surface area (Å²) in [5.74, 6) is 1.45. The Morgan fingerprint density at radius 3 is 2.59 bits per heavy atom. The zero-order valence-electron chi connectivity index (χ0n) is 15.3. The number of thioether (sulfide) groups is 1. The lowest BCUT2D eigenvalue weighted by atomic mass is 10.0. The normalized spacial score (nSPS) is 11.6. The van der Waals surface area contributed by atoms with Crippen LogP contribution in [0.2, 0.25) is 0 Å². The van der Waals surface area contributed by atoms with E-state index in [1.807, 2.05) is 36.4 Å². The fourth-order valence-corrected chi connectivity index (χ4v) is 4.22. The van der Waals surface area contributed by atoms with Crippen molar-refractivity contribution in [1.29, 1.82) is 0 Å². The van der Waals surface area contributed by atoms with Crippen LogP contribution in [0.4, 0.5) is 0 Å². The van der Waals surface area contributed by atoms with Gasteiger partial charge in [-0.1, -0.05) is 30.3 Å². The highest BCUT2D eigenvalue weighted by Crippen LogP contribution is 2.33. The van der Waals surface area contributed by atoms with E-state index < -0.39 is 10.0 Å². The van der Waals surface area contributed by atoms with Gasteiger partial charge >= 0.3 is 0 Å². The molecule has 5 nitrogen and oxygen atoms in total. The van der Waals surface area contributed by atoms with Crippen molar-refractivity contribution < 1.29 is 13.2 Å². The molecule has 1 heterocycles. The van der Waals surface area contributed by atoms with Crippen LogP contribution in [0.1, 0.15) is 6.92 Å². The van der Waals surface area contributed by atoms with Gasteiger partial charge in [-0.15, -0.1) is 11.8 Å². The van der Waals surface area contributed by atoms with Crippen LogP contribution in [-0.4, -0.2) is 38.6 Å². The predicted molar refractivity (Wildman–Crippen MR) is 112 cm³/mol. The zero-order chi connectivity index (χ0) is 19.3. The first-order chi connectivity index (χ1) is 13.0. The number of rotatable bonds is 8. The van der Waals surface area contributed by atoms with E-state index in [4.69, 9.17) is 9.72 Å². The maximum absolute atomic E-state index is 11.5. The average molecular weight is 403 g/mol. The predicted octanol–water partition coefficient (Wildman–Crippen LogP) is 3.94. The van der Waals surface area contributed by atoms with Gasteiger partial charge in [0.1, 0.15) is 5.75 Å². The third-order valence-electron chi connectivity index (χ3n) is 4.13. The molecular formula is C20H22N2O3S2. The standard InChI is InChI=1S/C20H22N2O3S2/c1-3-27(23,24)21-11-12-26-20-14-18(15-7-5-4-6-8-15)17-10-9-16(25-2)13-19(17)22-20/h4-10,13-14,21H,3,11-12H2,1-2H3. The third kappa shape index (κ3) is 5.00. The molecule has 0 spiro atoms. The average Bonchev–Trinajstić information content (AvgIpc) is 2.70. The fraction of sp³-hybridized carbons (Fsp3) is 0.250. The Morgan fingerprint density at radius 1 is 1.11 bits per heavy atom. The number of benzene rings is 2. The minimum absolute atomic E-state index is 0.0871. The van der Waals surface area contributed by atoms with Crippen molar-refractivity contribution in [2.24, 2.45) is 0 Å². The first-order valence-corrected chi connectivity index (χ1v) is 11.3. The summed E-state index contributed by atoms with van der Waals surface area (Å²) >= 11 is 1.53. The maximum Gasteiger partial charge on any atom is 0.211 e. The Kier molecular flexibility index (Phi) is 6.36. The van der Waals surface area contributed by atoms with Crippen LogP contribution in [0, 0.1) is 0 Å². The Bertz CT molecular complexity index is 1020. The molecule has 142 valence electrons. The molecule has 0 saturated heterocycles. The summed E-state index contributed by atoms with van der Waals surface area (Å²) in [5.41, 5.74) is 3.07. The minimum Gasteiger partial charge on any atom is -0.497 e. The lowest BCUT2D eigenvalue weighted by molar-refractivity contribution is 0.415. The van der Waals surface area contributed by atoms with Gasteiger partial charge in [0.25, 0.3) is 0 Å².